The molecule has 1 unspecified atom stereocenters. The summed E-state index contributed by atoms with van der Waals surface area (Å²) in [5, 5.41) is 5.13. The maximum absolute atomic E-state index is 13.1. The number of hydrogen-bond acceptors (Lipinski definition) is 8. The molecule has 9 nitrogen and oxygen atoms in total. The topological polar surface area (TPSA) is 119 Å². The quantitative estimate of drug-likeness (QED) is 0.512. The lowest BCUT2D eigenvalue weighted by Gasteiger charge is -2.12. The highest BCUT2D eigenvalue weighted by Crippen LogP contribution is 2.36. The van der Waals surface area contributed by atoms with Crippen molar-refractivity contribution in [2.45, 2.75) is 37.1 Å². The molecule has 2 aliphatic rings. The maximum atomic E-state index is 13.1. The number of carbonyl (C=O) groups is 1. The fraction of sp³-hybridized carbons (Fsp3) is 0.261. The van der Waals surface area contributed by atoms with Gasteiger partial charge in [0.15, 0.2) is 16.6 Å². The minimum atomic E-state index is -3.68. The summed E-state index contributed by atoms with van der Waals surface area (Å²) in [5.41, 5.74) is 2.02. The van der Waals surface area contributed by atoms with Crippen LogP contribution >= 0.6 is 11.3 Å². The standard InChI is InChI=1S/C23H22N4O5S2/c1-2-3-7-16(24-21-15-6-4-5-8-20(15)34(29,30)27-21)22(28)26-23-25-17(12-33-23)14-9-10-18-19(11-14)32-13-31-18/h4-6,8-12,16H,2-3,7,13H2,1H3,(H,24,27)(H,25,26,28). The van der Waals surface area contributed by atoms with Gasteiger partial charge in [-0.25, -0.2) is 13.4 Å². The highest BCUT2D eigenvalue weighted by Gasteiger charge is 2.32. The lowest BCUT2D eigenvalue weighted by atomic mass is 10.1. The van der Waals surface area contributed by atoms with Crippen molar-refractivity contribution in [2.24, 2.45) is 4.99 Å². The molecule has 34 heavy (non-hydrogen) atoms. The Hall–Kier alpha value is -3.44. The largest absolute Gasteiger partial charge is 0.454 e. The smallest absolute Gasteiger partial charge is 0.263 e. The van der Waals surface area contributed by atoms with Gasteiger partial charge in [-0.15, -0.1) is 11.3 Å². The second-order valence-corrected chi connectivity index (χ2v) is 10.3. The normalized spacial score (nSPS) is 17.3. The molecule has 2 aliphatic heterocycles. The van der Waals surface area contributed by atoms with Gasteiger partial charge in [0.25, 0.3) is 15.9 Å². The Kier molecular flexibility index (Phi) is 5.96. The molecule has 11 heteroatoms. The monoisotopic (exact) mass is 498 g/mol. The predicted molar refractivity (Wildman–Crippen MR) is 129 cm³/mol. The summed E-state index contributed by atoms with van der Waals surface area (Å²) in [7, 11) is -3.68. The van der Waals surface area contributed by atoms with Gasteiger partial charge in [-0.05, 0) is 36.8 Å². The molecule has 1 aromatic heterocycles. The van der Waals surface area contributed by atoms with Gasteiger partial charge in [-0.3, -0.25) is 14.5 Å². The fourth-order valence-electron chi connectivity index (χ4n) is 3.75. The van der Waals surface area contributed by atoms with Crippen molar-refractivity contribution in [3.05, 3.63) is 53.4 Å². The molecule has 0 saturated heterocycles. The van der Waals surface area contributed by atoms with E-state index in [2.05, 4.69) is 20.0 Å². The number of aliphatic imine (C=N–C) groups is 1. The lowest BCUT2D eigenvalue weighted by molar-refractivity contribution is -0.117. The van der Waals surface area contributed by atoms with Crippen LogP contribution < -0.4 is 19.5 Å². The molecule has 176 valence electrons. The number of hydrogen-bond donors (Lipinski definition) is 2. The Morgan fingerprint density at radius 3 is 2.91 bits per heavy atom. The summed E-state index contributed by atoms with van der Waals surface area (Å²) < 4.78 is 38.1. The first-order valence-corrected chi connectivity index (χ1v) is 13.2. The number of fused-ring (bicyclic) bond motifs is 2. The van der Waals surface area contributed by atoms with Crippen molar-refractivity contribution in [3.63, 3.8) is 0 Å². The average molecular weight is 499 g/mol. The van der Waals surface area contributed by atoms with Crippen molar-refractivity contribution in [1.82, 2.24) is 9.71 Å². The Morgan fingerprint density at radius 1 is 1.24 bits per heavy atom. The first-order chi connectivity index (χ1) is 16.4. The maximum Gasteiger partial charge on any atom is 0.263 e. The van der Waals surface area contributed by atoms with Crippen LogP contribution in [0.25, 0.3) is 11.3 Å². The van der Waals surface area contributed by atoms with E-state index in [9.17, 15) is 13.2 Å². The van der Waals surface area contributed by atoms with Crippen molar-refractivity contribution in [3.8, 4) is 22.8 Å². The summed E-state index contributed by atoms with van der Waals surface area (Å²) in [6, 6.07) is 11.4. The zero-order valence-corrected chi connectivity index (χ0v) is 19.9. The van der Waals surface area contributed by atoms with E-state index < -0.39 is 16.1 Å². The van der Waals surface area contributed by atoms with Crippen LogP contribution in [0.3, 0.4) is 0 Å². The van der Waals surface area contributed by atoms with Gasteiger partial charge in [0, 0.05) is 16.5 Å². The Labute approximate surface area is 200 Å². The number of amides is 1. The van der Waals surface area contributed by atoms with E-state index in [0.29, 0.717) is 34.3 Å². The van der Waals surface area contributed by atoms with Crippen molar-refractivity contribution >= 4 is 38.2 Å². The highest BCUT2D eigenvalue weighted by atomic mass is 32.2. The third-order valence-electron chi connectivity index (χ3n) is 5.48. The molecule has 2 N–H and O–H groups in total. The molecule has 3 heterocycles. The van der Waals surface area contributed by atoms with Gasteiger partial charge >= 0.3 is 0 Å². The molecule has 0 spiro atoms. The summed E-state index contributed by atoms with van der Waals surface area (Å²) >= 11 is 1.30. The number of nitrogens with one attached hydrogen (secondary N) is 2. The first-order valence-electron chi connectivity index (χ1n) is 10.8. The molecule has 1 amide bonds. The van der Waals surface area contributed by atoms with Crippen LogP contribution in [0.5, 0.6) is 11.5 Å². The molecule has 0 aliphatic carbocycles. The average Bonchev–Trinajstić information content (AvgIpc) is 3.54. The van der Waals surface area contributed by atoms with Gasteiger partial charge in [-0.2, -0.15) is 0 Å². The molecule has 1 atom stereocenters. The summed E-state index contributed by atoms with van der Waals surface area (Å²) in [5.74, 6) is 1.20. The molecule has 0 saturated carbocycles. The third kappa shape index (κ3) is 4.36. The fourth-order valence-corrected chi connectivity index (χ4v) is 5.71. The molecule has 0 fully saturated rings. The Balaban J connectivity index is 1.36. The van der Waals surface area contributed by atoms with Crippen LogP contribution in [-0.2, 0) is 14.8 Å². The van der Waals surface area contributed by atoms with Crippen LogP contribution in [0.1, 0.15) is 31.7 Å². The number of aromatic nitrogens is 1. The van der Waals surface area contributed by atoms with Crippen LogP contribution in [0.15, 0.2) is 57.7 Å². The number of rotatable bonds is 7. The van der Waals surface area contributed by atoms with Gasteiger partial charge in [0.1, 0.15) is 11.9 Å². The molecule has 0 bridgehead atoms. The van der Waals surface area contributed by atoms with Crippen LogP contribution in [-0.4, -0.2) is 38.0 Å². The van der Waals surface area contributed by atoms with Crippen LogP contribution in [0.4, 0.5) is 5.13 Å². The van der Waals surface area contributed by atoms with Crippen molar-refractivity contribution in [1.29, 1.82) is 0 Å². The van der Waals surface area contributed by atoms with Crippen LogP contribution in [0.2, 0.25) is 0 Å². The minimum absolute atomic E-state index is 0.164. The molecule has 0 radical (unpaired) electrons. The lowest BCUT2D eigenvalue weighted by Crippen LogP contribution is -2.30. The van der Waals surface area contributed by atoms with E-state index in [4.69, 9.17) is 9.47 Å². The second kappa shape index (κ2) is 9.07. The summed E-state index contributed by atoms with van der Waals surface area (Å²) in [6.45, 7) is 2.22. The summed E-state index contributed by atoms with van der Waals surface area (Å²) in [4.78, 5) is 22.3. The van der Waals surface area contributed by atoms with E-state index in [0.717, 1.165) is 18.4 Å². The molecular weight excluding hydrogens is 476 g/mol. The third-order valence-corrected chi connectivity index (χ3v) is 7.64. The number of nitrogens with zero attached hydrogens (tertiary/aromatic N) is 2. The molecule has 2 aromatic carbocycles. The number of thiazole rings is 1. The molecular formula is C23H22N4O5S2. The number of carbonyl (C=O) groups excluding carboxylic acids is 1. The van der Waals surface area contributed by atoms with E-state index in [-0.39, 0.29) is 23.4 Å². The predicted octanol–water partition coefficient (Wildman–Crippen LogP) is 3.77. The molecule has 5 rings (SSSR count). The number of unbranched alkanes of at least 4 members (excludes halogenated alkanes) is 1. The van der Waals surface area contributed by atoms with Gasteiger partial charge in [0.05, 0.1) is 10.6 Å². The molecule has 3 aromatic rings. The summed E-state index contributed by atoms with van der Waals surface area (Å²) in [6.07, 6.45) is 2.13. The van der Waals surface area contributed by atoms with E-state index >= 15 is 0 Å². The van der Waals surface area contributed by atoms with E-state index in [1.165, 1.54) is 17.4 Å². The number of amidine groups is 1. The zero-order valence-electron chi connectivity index (χ0n) is 18.3. The number of anilines is 1. The van der Waals surface area contributed by atoms with Gasteiger partial charge < -0.3 is 14.8 Å². The number of sulfonamides is 1. The van der Waals surface area contributed by atoms with Crippen molar-refractivity contribution < 1.29 is 22.7 Å². The minimum Gasteiger partial charge on any atom is -0.454 e. The highest BCUT2D eigenvalue weighted by molar-refractivity contribution is 7.90. The van der Waals surface area contributed by atoms with Crippen molar-refractivity contribution in [2.75, 3.05) is 12.1 Å². The van der Waals surface area contributed by atoms with Gasteiger partial charge in [0.2, 0.25) is 6.79 Å². The SMILES string of the molecule is CCCCC(N=C1NS(=O)(=O)c2ccccc21)C(=O)Nc1nc(-c2ccc3c(c2)OCO3)cs1. The van der Waals surface area contributed by atoms with E-state index in [1.54, 1.807) is 18.2 Å². The first kappa shape index (κ1) is 22.4. The number of ether oxygens (including phenoxy) is 2. The number of benzene rings is 2. The van der Waals surface area contributed by atoms with Gasteiger partial charge in [-0.1, -0.05) is 31.9 Å². The Bertz CT molecular complexity index is 1380. The Morgan fingerprint density at radius 2 is 2.06 bits per heavy atom. The zero-order chi connectivity index (χ0) is 23.7. The van der Waals surface area contributed by atoms with E-state index in [1.807, 2.05) is 30.5 Å². The second-order valence-electron chi connectivity index (χ2n) is 7.83. The van der Waals surface area contributed by atoms with Crippen LogP contribution in [0, 0.1) is 0 Å².